The maximum atomic E-state index is 11.5. The highest BCUT2D eigenvalue weighted by atomic mass is 32.2. The molecule has 0 saturated heterocycles. The molecule has 3 aromatic rings. The first-order chi connectivity index (χ1) is 10.1. The average Bonchev–Trinajstić information content (AvgIpc) is 2.97. The lowest BCUT2D eigenvalue weighted by Gasteiger charge is -2.04. The Labute approximate surface area is 127 Å². The maximum Gasteiger partial charge on any atom is 0.175 e. The molecule has 0 saturated carbocycles. The molecule has 0 amide bonds. The van der Waals surface area contributed by atoms with Crippen LogP contribution in [0, 0.1) is 0 Å². The molecule has 1 heterocycles. The molecular weight excluding hydrogens is 302 g/mol. The number of sulfone groups is 1. The Morgan fingerprint density at radius 1 is 0.905 bits per heavy atom. The standard InChI is InChI=1S/C16H13NO2S2/c1-21(18,19)14-9-7-12(8-10-14)15-16(20-11-17-15)13-5-3-2-4-6-13/h2-11H,1H3. The molecule has 0 aliphatic carbocycles. The van der Waals surface area contributed by atoms with Gasteiger partial charge in [-0.1, -0.05) is 42.5 Å². The Bertz CT molecular complexity index is 851. The van der Waals surface area contributed by atoms with Gasteiger partial charge in [0.05, 0.1) is 21.0 Å². The van der Waals surface area contributed by atoms with E-state index in [2.05, 4.69) is 4.98 Å². The van der Waals surface area contributed by atoms with Crippen molar-refractivity contribution in [1.29, 1.82) is 0 Å². The van der Waals surface area contributed by atoms with Crippen molar-refractivity contribution < 1.29 is 8.42 Å². The predicted molar refractivity (Wildman–Crippen MR) is 86.1 cm³/mol. The molecule has 0 fully saturated rings. The normalized spacial score (nSPS) is 11.5. The topological polar surface area (TPSA) is 47.0 Å². The summed E-state index contributed by atoms with van der Waals surface area (Å²) < 4.78 is 23.0. The smallest absolute Gasteiger partial charge is 0.175 e. The van der Waals surface area contributed by atoms with Crippen molar-refractivity contribution in [2.45, 2.75) is 4.90 Å². The summed E-state index contributed by atoms with van der Waals surface area (Å²) in [5.41, 5.74) is 4.72. The number of rotatable bonds is 3. The first kappa shape index (κ1) is 14.0. The number of aromatic nitrogens is 1. The van der Waals surface area contributed by atoms with Gasteiger partial charge in [-0.2, -0.15) is 0 Å². The summed E-state index contributed by atoms with van der Waals surface area (Å²) >= 11 is 1.58. The molecule has 0 unspecified atom stereocenters. The van der Waals surface area contributed by atoms with Crippen molar-refractivity contribution in [3.63, 3.8) is 0 Å². The van der Waals surface area contributed by atoms with Crippen molar-refractivity contribution >= 4 is 21.2 Å². The van der Waals surface area contributed by atoms with E-state index in [9.17, 15) is 8.42 Å². The SMILES string of the molecule is CS(=O)(=O)c1ccc(-c2ncsc2-c2ccccc2)cc1. The minimum atomic E-state index is -3.17. The second-order valence-corrected chi connectivity index (χ2v) is 7.56. The van der Waals surface area contributed by atoms with Crippen molar-refractivity contribution in [2.24, 2.45) is 0 Å². The van der Waals surface area contributed by atoms with Crippen LogP contribution in [0.2, 0.25) is 0 Å². The lowest BCUT2D eigenvalue weighted by molar-refractivity contribution is 0.602. The second-order valence-electron chi connectivity index (χ2n) is 4.69. The maximum absolute atomic E-state index is 11.5. The lowest BCUT2D eigenvalue weighted by Crippen LogP contribution is -1.96. The largest absolute Gasteiger partial charge is 0.244 e. The molecule has 0 atom stereocenters. The molecule has 0 bridgehead atoms. The number of nitrogens with zero attached hydrogens (tertiary/aromatic N) is 1. The van der Waals surface area contributed by atoms with Gasteiger partial charge in [-0.3, -0.25) is 0 Å². The zero-order valence-corrected chi connectivity index (χ0v) is 13.0. The van der Waals surface area contributed by atoms with Crippen molar-refractivity contribution in [2.75, 3.05) is 6.26 Å². The Morgan fingerprint density at radius 2 is 1.57 bits per heavy atom. The predicted octanol–water partition coefficient (Wildman–Crippen LogP) is 3.88. The third-order valence-corrected chi connectivity index (χ3v) is 5.16. The van der Waals surface area contributed by atoms with E-state index in [1.807, 2.05) is 35.8 Å². The van der Waals surface area contributed by atoms with Crippen LogP contribution in [0.4, 0.5) is 0 Å². The van der Waals surface area contributed by atoms with Crippen LogP contribution < -0.4 is 0 Å². The highest BCUT2D eigenvalue weighted by Crippen LogP contribution is 2.34. The molecule has 106 valence electrons. The van der Waals surface area contributed by atoms with Crippen LogP contribution in [0.1, 0.15) is 0 Å². The van der Waals surface area contributed by atoms with Gasteiger partial charge in [0.25, 0.3) is 0 Å². The number of benzene rings is 2. The lowest BCUT2D eigenvalue weighted by atomic mass is 10.1. The third-order valence-electron chi connectivity index (χ3n) is 3.16. The molecule has 5 heteroatoms. The molecule has 0 N–H and O–H groups in total. The number of hydrogen-bond acceptors (Lipinski definition) is 4. The summed E-state index contributed by atoms with van der Waals surface area (Å²) in [5.74, 6) is 0. The van der Waals surface area contributed by atoms with E-state index in [4.69, 9.17) is 0 Å². The van der Waals surface area contributed by atoms with Crippen molar-refractivity contribution in [3.8, 4) is 21.7 Å². The fraction of sp³-hybridized carbons (Fsp3) is 0.0625. The van der Waals surface area contributed by atoms with E-state index in [1.54, 1.807) is 35.6 Å². The molecule has 0 aliphatic rings. The second kappa shape index (κ2) is 5.42. The molecular formula is C16H13NO2S2. The Morgan fingerprint density at radius 3 is 2.19 bits per heavy atom. The Hall–Kier alpha value is -1.98. The minimum Gasteiger partial charge on any atom is -0.244 e. The molecule has 2 aromatic carbocycles. The molecule has 0 aliphatic heterocycles. The van der Waals surface area contributed by atoms with Crippen LogP contribution in [0.15, 0.2) is 65.0 Å². The molecule has 3 nitrogen and oxygen atoms in total. The van der Waals surface area contributed by atoms with Crippen LogP contribution >= 0.6 is 11.3 Å². The number of hydrogen-bond donors (Lipinski definition) is 0. The highest BCUT2D eigenvalue weighted by molar-refractivity contribution is 7.90. The summed E-state index contributed by atoms with van der Waals surface area (Å²) in [5, 5.41) is 0. The summed E-state index contributed by atoms with van der Waals surface area (Å²) in [6.07, 6.45) is 1.21. The van der Waals surface area contributed by atoms with E-state index in [0.717, 1.165) is 21.7 Å². The summed E-state index contributed by atoms with van der Waals surface area (Å²) in [4.78, 5) is 5.83. The fourth-order valence-electron chi connectivity index (χ4n) is 2.11. The molecule has 1 aromatic heterocycles. The van der Waals surface area contributed by atoms with Crippen LogP contribution in [0.25, 0.3) is 21.7 Å². The molecule has 3 rings (SSSR count). The van der Waals surface area contributed by atoms with Crippen molar-refractivity contribution in [3.05, 3.63) is 60.1 Å². The van der Waals surface area contributed by atoms with Crippen LogP contribution in [0.3, 0.4) is 0 Å². The zero-order chi connectivity index (χ0) is 14.9. The Balaban J connectivity index is 2.05. The van der Waals surface area contributed by atoms with Gasteiger partial charge in [-0.05, 0) is 17.7 Å². The average molecular weight is 315 g/mol. The van der Waals surface area contributed by atoms with E-state index < -0.39 is 9.84 Å². The minimum absolute atomic E-state index is 0.322. The Kier molecular flexibility index (Phi) is 3.61. The summed E-state index contributed by atoms with van der Waals surface area (Å²) in [6, 6.07) is 16.9. The molecule has 0 spiro atoms. The van der Waals surface area contributed by atoms with Gasteiger partial charge >= 0.3 is 0 Å². The van der Waals surface area contributed by atoms with Gasteiger partial charge in [-0.15, -0.1) is 11.3 Å². The van der Waals surface area contributed by atoms with Crippen molar-refractivity contribution in [1.82, 2.24) is 4.98 Å². The number of thiazole rings is 1. The third kappa shape index (κ3) is 2.89. The first-order valence-electron chi connectivity index (χ1n) is 6.35. The van der Waals surface area contributed by atoms with Gasteiger partial charge in [0.1, 0.15) is 0 Å². The van der Waals surface area contributed by atoms with E-state index >= 15 is 0 Å². The van der Waals surface area contributed by atoms with E-state index in [-0.39, 0.29) is 0 Å². The van der Waals surface area contributed by atoms with Gasteiger partial charge in [0.2, 0.25) is 0 Å². The fourth-order valence-corrected chi connectivity index (χ4v) is 3.55. The van der Waals surface area contributed by atoms with Gasteiger partial charge in [0.15, 0.2) is 9.84 Å². The van der Waals surface area contributed by atoms with Gasteiger partial charge in [0, 0.05) is 11.8 Å². The van der Waals surface area contributed by atoms with Crippen LogP contribution in [0.5, 0.6) is 0 Å². The first-order valence-corrected chi connectivity index (χ1v) is 9.12. The molecule has 0 radical (unpaired) electrons. The van der Waals surface area contributed by atoms with E-state index in [0.29, 0.717) is 4.90 Å². The van der Waals surface area contributed by atoms with Crippen LogP contribution in [-0.4, -0.2) is 19.7 Å². The van der Waals surface area contributed by atoms with Crippen LogP contribution in [-0.2, 0) is 9.84 Å². The quantitative estimate of drug-likeness (QED) is 0.737. The molecule has 21 heavy (non-hydrogen) atoms. The summed E-state index contributed by atoms with van der Waals surface area (Å²) in [6.45, 7) is 0. The zero-order valence-electron chi connectivity index (χ0n) is 11.4. The van der Waals surface area contributed by atoms with E-state index in [1.165, 1.54) is 6.26 Å². The highest BCUT2D eigenvalue weighted by Gasteiger charge is 2.12. The van der Waals surface area contributed by atoms with Gasteiger partial charge < -0.3 is 0 Å². The summed E-state index contributed by atoms with van der Waals surface area (Å²) in [7, 11) is -3.17. The monoisotopic (exact) mass is 315 g/mol. The van der Waals surface area contributed by atoms with Gasteiger partial charge in [-0.25, -0.2) is 13.4 Å².